The van der Waals surface area contributed by atoms with Gasteiger partial charge in [-0.3, -0.25) is 14.5 Å². The maximum Gasteiger partial charge on any atom is 0.296 e. The second-order valence-electron chi connectivity index (χ2n) is 6.91. The molecule has 1 amide bonds. The number of Topliss-reactive ketones (excluding diaryl/α,β-unsaturated/α-hetero) is 1. The van der Waals surface area contributed by atoms with E-state index in [0.717, 1.165) is 4.90 Å². The van der Waals surface area contributed by atoms with Gasteiger partial charge in [0, 0.05) is 5.56 Å². The van der Waals surface area contributed by atoms with Gasteiger partial charge in [0.1, 0.15) is 23.1 Å². The molecule has 4 aromatic rings. The average molecular weight is 419 g/mol. The number of aromatic nitrogens is 4. The third kappa shape index (κ3) is 2.88. The van der Waals surface area contributed by atoms with Crippen LogP contribution in [0.25, 0.3) is 11.2 Å². The van der Waals surface area contributed by atoms with E-state index in [4.69, 9.17) is 4.42 Å². The van der Waals surface area contributed by atoms with Crippen molar-refractivity contribution in [1.29, 1.82) is 0 Å². The number of hydrogen-bond acceptors (Lipinski definition) is 7. The minimum Gasteiger partial charge on any atom is -0.503 e. The molecule has 4 heterocycles. The average Bonchev–Trinajstić information content (AvgIpc) is 3.46. The lowest BCUT2D eigenvalue weighted by atomic mass is 9.95. The van der Waals surface area contributed by atoms with Crippen molar-refractivity contribution >= 4 is 28.8 Å². The Morgan fingerprint density at radius 2 is 2.03 bits per heavy atom. The van der Waals surface area contributed by atoms with Gasteiger partial charge < -0.3 is 14.5 Å². The van der Waals surface area contributed by atoms with Crippen LogP contribution in [-0.2, 0) is 4.79 Å². The van der Waals surface area contributed by atoms with Crippen molar-refractivity contribution in [1.82, 2.24) is 19.9 Å². The number of benzene rings is 1. The molecule has 0 fully saturated rings. The first-order chi connectivity index (χ1) is 15.0. The van der Waals surface area contributed by atoms with E-state index in [1.807, 2.05) is 0 Å². The first-order valence-electron chi connectivity index (χ1n) is 9.24. The Bertz CT molecular complexity index is 1390. The van der Waals surface area contributed by atoms with Crippen LogP contribution in [0.5, 0.6) is 0 Å². The normalized spacial score (nSPS) is 16.5. The lowest BCUT2D eigenvalue weighted by Gasteiger charge is -2.25. The zero-order valence-electron chi connectivity index (χ0n) is 16.0. The smallest absolute Gasteiger partial charge is 0.296 e. The number of H-pyrrole nitrogens is 1. The Morgan fingerprint density at radius 1 is 1.23 bits per heavy atom. The van der Waals surface area contributed by atoms with E-state index >= 15 is 0 Å². The number of furan rings is 1. The molecule has 154 valence electrons. The molecule has 2 N–H and O–H groups in total. The SMILES string of the molecule is Cc1ccc(C(=O)C2=C(O)C(=O)N(c3ncc4nc[nH]c4n3)C2c2ccccc2F)o1. The van der Waals surface area contributed by atoms with E-state index in [0.29, 0.717) is 16.9 Å². The number of halogens is 1. The van der Waals surface area contributed by atoms with Crippen LogP contribution in [0.1, 0.15) is 27.9 Å². The number of anilines is 1. The van der Waals surface area contributed by atoms with E-state index in [1.54, 1.807) is 19.1 Å². The second kappa shape index (κ2) is 6.87. The number of carbonyl (C=O) groups excluding carboxylic acids is 2. The van der Waals surface area contributed by atoms with Gasteiger partial charge in [-0.05, 0) is 25.1 Å². The predicted molar refractivity (Wildman–Crippen MR) is 106 cm³/mol. The lowest BCUT2D eigenvalue weighted by Crippen LogP contribution is -2.33. The Balaban J connectivity index is 1.70. The number of aliphatic hydroxyl groups is 1. The molecule has 0 aliphatic carbocycles. The summed E-state index contributed by atoms with van der Waals surface area (Å²) in [7, 11) is 0. The fourth-order valence-corrected chi connectivity index (χ4v) is 3.57. The zero-order valence-corrected chi connectivity index (χ0v) is 16.0. The highest BCUT2D eigenvalue weighted by Crippen LogP contribution is 2.41. The monoisotopic (exact) mass is 419 g/mol. The third-order valence-electron chi connectivity index (χ3n) is 4.99. The minimum absolute atomic E-state index is 0.000152. The lowest BCUT2D eigenvalue weighted by molar-refractivity contribution is -0.117. The molecule has 0 saturated heterocycles. The molecule has 0 bridgehead atoms. The number of aromatic amines is 1. The van der Waals surface area contributed by atoms with Gasteiger partial charge >= 0.3 is 0 Å². The number of nitrogens with zero attached hydrogens (tertiary/aromatic N) is 4. The summed E-state index contributed by atoms with van der Waals surface area (Å²) >= 11 is 0. The highest BCUT2D eigenvalue weighted by atomic mass is 19.1. The molecule has 0 radical (unpaired) electrons. The standard InChI is InChI=1S/C21H14FN5O4/c1-10-6-7-14(31-10)17(28)15-16(11-4-2-3-5-12(11)22)27(20(30)18(15)29)21-23-8-13-19(26-21)25-9-24-13/h2-9,16,29H,1H3,(H,23,24,25,26). The van der Waals surface area contributed by atoms with Crippen LogP contribution in [0.3, 0.4) is 0 Å². The Hall–Kier alpha value is -4.34. The zero-order chi connectivity index (χ0) is 21.7. The maximum atomic E-state index is 14.8. The second-order valence-corrected chi connectivity index (χ2v) is 6.91. The number of carbonyl (C=O) groups is 2. The number of imidazole rings is 1. The minimum atomic E-state index is -1.30. The van der Waals surface area contributed by atoms with Gasteiger partial charge in [-0.1, -0.05) is 18.2 Å². The number of fused-ring (bicyclic) bond motifs is 1. The Kier molecular flexibility index (Phi) is 4.14. The molecule has 0 saturated carbocycles. The van der Waals surface area contributed by atoms with Gasteiger partial charge in [0.15, 0.2) is 17.2 Å². The van der Waals surface area contributed by atoms with Crippen LogP contribution in [0.2, 0.25) is 0 Å². The van der Waals surface area contributed by atoms with Crippen molar-refractivity contribution in [2.45, 2.75) is 13.0 Å². The molecule has 5 rings (SSSR count). The highest BCUT2D eigenvalue weighted by molar-refractivity contribution is 6.19. The molecular formula is C21H14FN5O4. The van der Waals surface area contributed by atoms with Crippen LogP contribution >= 0.6 is 0 Å². The quantitative estimate of drug-likeness (QED) is 0.487. The highest BCUT2D eigenvalue weighted by Gasteiger charge is 2.47. The van der Waals surface area contributed by atoms with Crippen LogP contribution < -0.4 is 4.90 Å². The number of rotatable bonds is 4. The van der Waals surface area contributed by atoms with Crippen molar-refractivity contribution in [3.05, 3.63) is 83.2 Å². The van der Waals surface area contributed by atoms with Gasteiger partial charge in [0.2, 0.25) is 11.7 Å². The molecule has 3 aromatic heterocycles. The number of aryl methyl sites for hydroxylation is 1. The molecule has 31 heavy (non-hydrogen) atoms. The summed E-state index contributed by atoms with van der Waals surface area (Å²) < 4.78 is 20.2. The van der Waals surface area contributed by atoms with Crippen LogP contribution in [0, 0.1) is 12.7 Å². The first kappa shape index (κ1) is 18.7. The maximum absolute atomic E-state index is 14.8. The molecule has 1 aromatic carbocycles. The van der Waals surface area contributed by atoms with Crippen molar-refractivity contribution < 1.29 is 23.5 Å². The van der Waals surface area contributed by atoms with Crippen molar-refractivity contribution in [3.63, 3.8) is 0 Å². The number of ketones is 1. The largest absolute Gasteiger partial charge is 0.503 e. The Labute approximate surface area is 173 Å². The van der Waals surface area contributed by atoms with Crippen molar-refractivity contribution in [2.24, 2.45) is 0 Å². The Morgan fingerprint density at radius 3 is 2.77 bits per heavy atom. The fraction of sp³-hybridized carbons (Fsp3) is 0.0952. The van der Waals surface area contributed by atoms with Gasteiger partial charge in [0.05, 0.1) is 18.1 Å². The summed E-state index contributed by atoms with van der Waals surface area (Å²) in [6.07, 6.45) is 2.79. The molecular weight excluding hydrogens is 405 g/mol. The molecule has 1 unspecified atom stereocenters. The summed E-state index contributed by atoms with van der Waals surface area (Å²) in [6, 6.07) is 7.37. The van der Waals surface area contributed by atoms with Crippen LogP contribution in [-0.4, -0.2) is 36.7 Å². The van der Waals surface area contributed by atoms with Crippen LogP contribution in [0.4, 0.5) is 10.3 Å². The van der Waals surface area contributed by atoms with E-state index in [2.05, 4.69) is 19.9 Å². The van der Waals surface area contributed by atoms with Crippen LogP contribution in [0.15, 0.2) is 64.7 Å². The van der Waals surface area contributed by atoms with Crippen molar-refractivity contribution in [2.75, 3.05) is 4.90 Å². The summed E-state index contributed by atoms with van der Waals surface area (Å²) in [5, 5.41) is 10.7. The summed E-state index contributed by atoms with van der Waals surface area (Å²) in [4.78, 5) is 42.4. The van der Waals surface area contributed by atoms with E-state index in [-0.39, 0.29) is 22.8 Å². The molecule has 10 heteroatoms. The van der Waals surface area contributed by atoms with Gasteiger partial charge in [-0.15, -0.1) is 0 Å². The van der Waals surface area contributed by atoms with Gasteiger partial charge in [-0.25, -0.2) is 14.4 Å². The first-order valence-corrected chi connectivity index (χ1v) is 9.24. The summed E-state index contributed by atoms with van der Waals surface area (Å²) in [5.41, 5.74) is 0.473. The van der Waals surface area contributed by atoms with E-state index < -0.39 is 29.3 Å². The third-order valence-corrected chi connectivity index (χ3v) is 4.99. The van der Waals surface area contributed by atoms with E-state index in [9.17, 15) is 19.1 Å². The summed E-state index contributed by atoms with van der Waals surface area (Å²) in [6.45, 7) is 1.65. The number of amides is 1. The molecule has 1 aliphatic heterocycles. The summed E-state index contributed by atoms with van der Waals surface area (Å²) in [5.74, 6) is -2.89. The number of nitrogens with one attached hydrogen (secondary N) is 1. The molecule has 1 aliphatic rings. The topological polar surface area (TPSA) is 125 Å². The number of aliphatic hydroxyl groups excluding tert-OH is 1. The molecule has 0 spiro atoms. The molecule has 1 atom stereocenters. The van der Waals surface area contributed by atoms with Gasteiger partial charge in [-0.2, -0.15) is 4.98 Å². The van der Waals surface area contributed by atoms with Gasteiger partial charge in [0.25, 0.3) is 5.91 Å². The molecule has 9 nitrogen and oxygen atoms in total. The van der Waals surface area contributed by atoms with Crippen molar-refractivity contribution in [3.8, 4) is 0 Å². The predicted octanol–water partition coefficient (Wildman–Crippen LogP) is 3.18. The number of hydrogen-bond donors (Lipinski definition) is 2. The van der Waals surface area contributed by atoms with E-state index in [1.165, 1.54) is 36.8 Å². The fourth-order valence-electron chi connectivity index (χ4n) is 3.57.